The quantitative estimate of drug-likeness (QED) is 0.269. The first-order valence-electron chi connectivity index (χ1n) is 16.2. The highest BCUT2D eigenvalue weighted by Gasteiger charge is 2.48. The van der Waals surface area contributed by atoms with Gasteiger partial charge in [0.05, 0.1) is 5.41 Å². The number of amides is 2. The summed E-state index contributed by atoms with van der Waals surface area (Å²) < 4.78 is 0. The molecule has 0 radical (unpaired) electrons. The summed E-state index contributed by atoms with van der Waals surface area (Å²) in [5.74, 6) is -0.00779. The summed E-state index contributed by atoms with van der Waals surface area (Å²) in [5, 5.41) is 3.69. The SMILES string of the molecule is CN1CCC(C(=O)N2CCN(C(=O)C(C)(Nc3ccccc3)C(c3ccccc3)c3ccccc3)CC2)(c2ccccc2)CC1. The lowest BCUT2D eigenvalue weighted by Gasteiger charge is -2.47. The lowest BCUT2D eigenvalue weighted by molar-refractivity contribution is -0.146. The molecule has 1 unspecified atom stereocenters. The van der Waals surface area contributed by atoms with Gasteiger partial charge in [-0.2, -0.15) is 0 Å². The monoisotopic (exact) mass is 600 g/mol. The topological polar surface area (TPSA) is 55.9 Å². The van der Waals surface area contributed by atoms with Crippen molar-refractivity contribution >= 4 is 17.5 Å². The van der Waals surface area contributed by atoms with Crippen LogP contribution in [-0.2, 0) is 15.0 Å². The molecule has 0 bridgehead atoms. The average Bonchev–Trinajstić information content (AvgIpc) is 3.10. The molecule has 4 aromatic carbocycles. The Morgan fingerprint density at radius 3 is 1.60 bits per heavy atom. The number of carbonyl (C=O) groups excluding carboxylic acids is 2. The van der Waals surface area contributed by atoms with Crippen LogP contribution >= 0.6 is 0 Å². The van der Waals surface area contributed by atoms with Gasteiger partial charge in [0.15, 0.2) is 0 Å². The van der Waals surface area contributed by atoms with Crippen molar-refractivity contribution in [3.63, 3.8) is 0 Å². The summed E-state index contributed by atoms with van der Waals surface area (Å²) in [7, 11) is 2.13. The fraction of sp³-hybridized carbons (Fsp3) is 0.333. The summed E-state index contributed by atoms with van der Waals surface area (Å²) in [5.41, 5.74) is 2.64. The maximum absolute atomic E-state index is 14.9. The number of piperidine rings is 1. The van der Waals surface area contributed by atoms with Crippen LogP contribution in [0.25, 0.3) is 0 Å². The van der Waals surface area contributed by atoms with Gasteiger partial charge >= 0.3 is 0 Å². The van der Waals surface area contributed by atoms with Crippen LogP contribution in [0.1, 0.15) is 42.4 Å². The molecule has 6 heteroatoms. The highest BCUT2D eigenvalue weighted by Crippen LogP contribution is 2.40. The number of hydrogen-bond donors (Lipinski definition) is 1. The minimum Gasteiger partial charge on any atom is -0.371 e. The predicted molar refractivity (Wildman–Crippen MR) is 181 cm³/mol. The minimum atomic E-state index is -0.991. The van der Waals surface area contributed by atoms with E-state index in [0.717, 1.165) is 48.3 Å². The molecular weight excluding hydrogens is 556 g/mol. The maximum Gasteiger partial charge on any atom is 0.249 e. The molecular formula is C39H44N4O2. The third-order valence-electron chi connectivity index (χ3n) is 9.90. The molecule has 2 amide bonds. The van der Waals surface area contributed by atoms with Crippen LogP contribution in [0.15, 0.2) is 121 Å². The fourth-order valence-electron chi connectivity index (χ4n) is 7.35. The summed E-state index contributed by atoms with van der Waals surface area (Å²) >= 11 is 0. The summed E-state index contributed by atoms with van der Waals surface area (Å²) in [6, 6.07) is 40.9. The highest BCUT2D eigenvalue weighted by atomic mass is 16.2. The largest absolute Gasteiger partial charge is 0.371 e. The first-order chi connectivity index (χ1) is 21.9. The molecule has 45 heavy (non-hydrogen) atoms. The normalized spacial score (nSPS) is 18.3. The van der Waals surface area contributed by atoms with Gasteiger partial charge in [0.25, 0.3) is 0 Å². The van der Waals surface area contributed by atoms with E-state index in [-0.39, 0.29) is 17.7 Å². The van der Waals surface area contributed by atoms with Crippen LogP contribution in [0.5, 0.6) is 0 Å². The second-order valence-electron chi connectivity index (χ2n) is 12.8. The van der Waals surface area contributed by atoms with Crippen molar-refractivity contribution in [2.45, 2.75) is 36.6 Å². The van der Waals surface area contributed by atoms with Crippen LogP contribution in [-0.4, -0.2) is 78.4 Å². The lowest BCUT2D eigenvalue weighted by Crippen LogP contribution is -2.62. The number of nitrogens with zero attached hydrogens (tertiary/aromatic N) is 3. The second kappa shape index (κ2) is 13.3. The first-order valence-corrected chi connectivity index (χ1v) is 16.2. The number of rotatable bonds is 8. The van der Waals surface area contributed by atoms with Gasteiger partial charge in [-0.3, -0.25) is 9.59 Å². The molecule has 0 aliphatic carbocycles. The molecule has 2 fully saturated rings. The number of para-hydroxylation sites is 1. The van der Waals surface area contributed by atoms with Crippen molar-refractivity contribution in [3.05, 3.63) is 138 Å². The second-order valence-corrected chi connectivity index (χ2v) is 12.8. The van der Waals surface area contributed by atoms with E-state index in [1.165, 1.54) is 0 Å². The maximum atomic E-state index is 14.9. The lowest BCUT2D eigenvalue weighted by atomic mass is 9.71. The van der Waals surface area contributed by atoms with E-state index in [4.69, 9.17) is 0 Å². The molecule has 1 atom stereocenters. The van der Waals surface area contributed by atoms with Crippen LogP contribution in [0.2, 0.25) is 0 Å². The van der Waals surface area contributed by atoms with Gasteiger partial charge in [0, 0.05) is 37.8 Å². The zero-order valence-electron chi connectivity index (χ0n) is 26.4. The molecule has 1 N–H and O–H groups in total. The van der Waals surface area contributed by atoms with E-state index in [1.807, 2.05) is 102 Å². The summed E-state index contributed by atoms with van der Waals surface area (Å²) in [4.78, 5) is 35.5. The number of hydrogen-bond acceptors (Lipinski definition) is 4. The minimum absolute atomic E-state index is 0.0354. The molecule has 2 aliphatic heterocycles. The standard InChI is InChI=1S/C39H44N4O2/c1-38(40-34-21-13-6-14-22-34,35(31-15-7-3-8-16-31)32-17-9-4-10-18-32)36(44)42-27-29-43(30-28-42)37(45)39(23-25-41(2)26-24-39)33-19-11-5-12-20-33/h3-22,35,40H,23-30H2,1-2H3. The molecule has 0 spiro atoms. The van der Waals surface area contributed by atoms with Crippen molar-refractivity contribution in [1.82, 2.24) is 14.7 Å². The van der Waals surface area contributed by atoms with Crippen LogP contribution in [0, 0.1) is 0 Å². The van der Waals surface area contributed by atoms with Gasteiger partial charge < -0.3 is 20.0 Å². The number of likely N-dealkylation sites (tertiary alicyclic amines) is 1. The number of nitrogens with one attached hydrogen (secondary N) is 1. The zero-order chi connectivity index (χ0) is 31.3. The van der Waals surface area contributed by atoms with Gasteiger partial charge in [0.2, 0.25) is 11.8 Å². The Morgan fingerprint density at radius 2 is 1.09 bits per heavy atom. The zero-order valence-corrected chi connectivity index (χ0v) is 26.4. The molecule has 2 aliphatic rings. The molecule has 0 aromatic heterocycles. The Hall–Kier alpha value is -4.42. The third-order valence-corrected chi connectivity index (χ3v) is 9.90. The van der Waals surface area contributed by atoms with Gasteiger partial charge in [-0.1, -0.05) is 109 Å². The van der Waals surface area contributed by atoms with Crippen LogP contribution < -0.4 is 5.32 Å². The van der Waals surface area contributed by atoms with E-state index in [1.54, 1.807) is 0 Å². The van der Waals surface area contributed by atoms with Gasteiger partial charge in [0.1, 0.15) is 5.54 Å². The van der Waals surface area contributed by atoms with Crippen molar-refractivity contribution < 1.29 is 9.59 Å². The van der Waals surface area contributed by atoms with Crippen molar-refractivity contribution in [1.29, 1.82) is 0 Å². The predicted octanol–water partition coefficient (Wildman–Crippen LogP) is 6.02. The smallest absolute Gasteiger partial charge is 0.249 e. The first kappa shape index (κ1) is 30.6. The molecule has 4 aromatic rings. The Morgan fingerprint density at radius 1 is 0.644 bits per heavy atom. The molecule has 2 heterocycles. The Bertz CT molecular complexity index is 1510. The third kappa shape index (κ3) is 6.25. The van der Waals surface area contributed by atoms with E-state index in [2.05, 4.69) is 53.7 Å². The van der Waals surface area contributed by atoms with E-state index in [9.17, 15) is 9.59 Å². The molecule has 232 valence electrons. The Labute approximate surface area is 267 Å². The molecule has 6 rings (SSSR count). The van der Waals surface area contributed by atoms with E-state index < -0.39 is 11.0 Å². The number of piperazine rings is 1. The van der Waals surface area contributed by atoms with Gasteiger partial charge in [-0.15, -0.1) is 0 Å². The average molecular weight is 601 g/mol. The Kier molecular flexibility index (Phi) is 9.04. The number of anilines is 1. The molecule has 6 nitrogen and oxygen atoms in total. The van der Waals surface area contributed by atoms with Crippen LogP contribution in [0.4, 0.5) is 5.69 Å². The van der Waals surface area contributed by atoms with Gasteiger partial charge in [-0.25, -0.2) is 0 Å². The fourth-order valence-corrected chi connectivity index (χ4v) is 7.35. The van der Waals surface area contributed by atoms with Crippen molar-refractivity contribution in [2.24, 2.45) is 0 Å². The van der Waals surface area contributed by atoms with E-state index >= 15 is 0 Å². The van der Waals surface area contributed by atoms with Crippen LogP contribution in [0.3, 0.4) is 0 Å². The Balaban J connectivity index is 1.28. The van der Waals surface area contributed by atoms with Gasteiger partial charge in [-0.05, 0) is 68.7 Å². The number of benzene rings is 4. The number of carbonyl (C=O) groups is 2. The summed E-state index contributed by atoms with van der Waals surface area (Å²) in [6.07, 6.45) is 1.61. The molecule has 2 saturated heterocycles. The van der Waals surface area contributed by atoms with Crippen molar-refractivity contribution in [2.75, 3.05) is 51.6 Å². The summed E-state index contributed by atoms with van der Waals surface area (Å²) in [6.45, 7) is 5.87. The highest BCUT2D eigenvalue weighted by molar-refractivity contribution is 5.92. The van der Waals surface area contributed by atoms with Crippen molar-refractivity contribution in [3.8, 4) is 0 Å². The molecule has 0 saturated carbocycles. The van der Waals surface area contributed by atoms with E-state index in [0.29, 0.717) is 26.2 Å².